The number of hydrogen-bond donors (Lipinski definition) is 0. The third-order valence-corrected chi connectivity index (χ3v) is 3.90. The fourth-order valence-electron chi connectivity index (χ4n) is 3.25. The van der Waals surface area contributed by atoms with E-state index in [9.17, 15) is 17.6 Å². The maximum Gasteiger partial charge on any atom is 0.197 e. The molecule has 0 aliphatic heterocycles. The Labute approximate surface area is 102 Å². The van der Waals surface area contributed by atoms with Crippen LogP contribution in [0.25, 0.3) is 0 Å². The molecule has 3 rings (SSSR count). The Morgan fingerprint density at radius 2 is 1.28 bits per heavy atom. The zero-order valence-corrected chi connectivity index (χ0v) is 9.44. The van der Waals surface area contributed by atoms with Crippen LogP contribution in [0.1, 0.15) is 35.8 Å². The summed E-state index contributed by atoms with van der Waals surface area (Å²) >= 11 is 0. The molecule has 1 saturated carbocycles. The van der Waals surface area contributed by atoms with Gasteiger partial charge in [0.15, 0.2) is 23.3 Å². The molecule has 0 heterocycles. The number of allylic oxidation sites excluding steroid dienone is 3. The normalized spacial score (nSPS) is 24.3. The lowest BCUT2D eigenvalue weighted by molar-refractivity contribution is 0.394. The summed E-state index contributed by atoms with van der Waals surface area (Å²) in [4.78, 5) is 0. The third kappa shape index (κ3) is 1.21. The highest BCUT2D eigenvalue weighted by molar-refractivity contribution is 5.55. The summed E-state index contributed by atoms with van der Waals surface area (Å²) in [5, 5.41) is 0. The highest BCUT2D eigenvalue weighted by Gasteiger charge is 2.46. The highest BCUT2D eigenvalue weighted by Crippen LogP contribution is 2.58. The van der Waals surface area contributed by atoms with E-state index in [0.717, 1.165) is 5.57 Å². The van der Waals surface area contributed by atoms with Gasteiger partial charge in [0.1, 0.15) is 0 Å². The molecule has 0 unspecified atom stereocenters. The molecule has 2 aliphatic rings. The maximum absolute atomic E-state index is 13.8. The van der Waals surface area contributed by atoms with Gasteiger partial charge in [0.25, 0.3) is 0 Å². The molecule has 94 valence electrons. The van der Waals surface area contributed by atoms with Gasteiger partial charge in [0, 0.05) is 23.0 Å². The summed E-state index contributed by atoms with van der Waals surface area (Å²) in [7, 11) is 0. The van der Waals surface area contributed by atoms with Crippen molar-refractivity contribution in [2.45, 2.75) is 24.7 Å². The lowest BCUT2D eigenvalue weighted by atomic mass is 9.90. The Bertz CT molecular complexity index is 541. The van der Waals surface area contributed by atoms with Crippen molar-refractivity contribution in [3.63, 3.8) is 0 Å². The average Bonchev–Trinajstić information content (AvgIpc) is 2.89. The van der Waals surface area contributed by atoms with Gasteiger partial charge in [-0.15, -0.1) is 0 Å². The first kappa shape index (κ1) is 11.5. The smallest absolute Gasteiger partial charge is 0.197 e. The summed E-state index contributed by atoms with van der Waals surface area (Å²) in [6.45, 7) is 3.55. The Morgan fingerprint density at radius 1 is 0.833 bits per heavy atom. The first-order valence-electron chi connectivity index (χ1n) is 5.76. The van der Waals surface area contributed by atoms with E-state index >= 15 is 0 Å². The van der Waals surface area contributed by atoms with Gasteiger partial charge < -0.3 is 0 Å². The molecule has 1 fully saturated rings. The van der Waals surface area contributed by atoms with Gasteiger partial charge in [0.05, 0.1) is 0 Å². The van der Waals surface area contributed by atoms with Gasteiger partial charge in [-0.3, -0.25) is 0 Å². The molecule has 1 aromatic rings. The summed E-state index contributed by atoms with van der Waals surface area (Å²) < 4.78 is 54.1. The quantitative estimate of drug-likeness (QED) is 0.397. The van der Waals surface area contributed by atoms with Gasteiger partial charge >= 0.3 is 0 Å². The largest absolute Gasteiger partial charge is 0.203 e. The van der Waals surface area contributed by atoms with Crippen LogP contribution in [-0.4, -0.2) is 0 Å². The van der Waals surface area contributed by atoms with Crippen LogP contribution in [0.5, 0.6) is 0 Å². The van der Waals surface area contributed by atoms with Crippen molar-refractivity contribution in [1.82, 2.24) is 0 Å². The molecule has 0 spiro atoms. The van der Waals surface area contributed by atoms with Crippen molar-refractivity contribution in [3.05, 3.63) is 58.7 Å². The predicted octanol–water partition coefficient (Wildman–Crippen LogP) is 4.33. The number of hydrogen-bond acceptors (Lipinski definition) is 0. The minimum absolute atomic E-state index is 0.00394. The summed E-state index contributed by atoms with van der Waals surface area (Å²) in [5.74, 6) is -6.59. The second-order valence-corrected chi connectivity index (χ2v) is 4.67. The lowest BCUT2D eigenvalue weighted by Gasteiger charge is -2.16. The van der Waals surface area contributed by atoms with E-state index in [0.29, 0.717) is 12.8 Å². The zero-order valence-electron chi connectivity index (χ0n) is 9.44. The first-order chi connectivity index (χ1) is 8.57. The molecule has 2 aliphatic carbocycles. The van der Waals surface area contributed by atoms with Crippen molar-refractivity contribution >= 4 is 0 Å². The number of halogens is 4. The Morgan fingerprint density at radius 3 is 1.67 bits per heavy atom. The van der Waals surface area contributed by atoms with E-state index in [1.807, 2.05) is 0 Å². The second kappa shape index (κ2) is 3.70. The molecule has 0 N–H and O–H groups in total. The molecular formula is C14H10F4. The zero-order chi connectivity index (χ0) is 13.0. The SMILES string of the molecule is C=CC=C1[C@H]2CC[C@H]1c1c(F)c(F)c(F)c(F)c12. The van der Waals surface area contributed by atoms with Crippen LogP contribution < -0.4 is 0 Å². The lowest BCUT2D eigenvalue weighted by Crippen LogP contribution is -2.09. The fraction of sp³-hybridized carbons (Fsp3) is 0.286. The summed E-state index contributed by atoms with van der Waals surface area (Å²) in [5.41, 5.74) is 0.800. The number of benzene rings is 1. The molecule has 2 bridgehead atoms. The first-order valence-corrected chi connectivity index (χ1v) is 5.76. The second-order valence-electron chi connectivity index (χ2n) is 4.67. The Balaban J connectivity index is 2.32. The molecule has 2 atom stereocenters. The van der Waals surface area contributed by atoms with E-state index in [2.05, 4.69) is 6.58 Å². The third-order valence-electron chi connectivity index (χ3n) is 3.90. The van der Waals surface area contributed by atoms with Gasteiger partial charge in [-0.05, 0) is 12.8 Å². The van der Waals surface area contributed by atoms with E-state index in [-0.39, 0.29) is 23.0 Å². The van der Waals surface area contributed by atoms with Crippen LogP contribution in [-0.2, 0) is 0 Å². The van der Waals surface area contributed by atoms with Crippen molar-refractivity contribution in [1.29, 1.82) is 0 Å². The molecular weight excluding hydrogens is 244 g/mol. The van der Waals surface area contributed by atoms with Crippen LogP contribution in [0.3, 0.4) is 0 Å². The fourth-order valence-corrected chi connectivity index (χ4v) is 3.25. The van der Waals surface area contributed by atoms with Crippen molar-refractivity contribution in [2.75, 3.05) is 0 Å². The van der Waals surface area contributed by atoms with Crippen LogP contribution in [0, 0.1) is 23.3 Å². The number of rotatable bonds is 1. The number of fused-ring (bicyclic) bond motifs is 5. The minimum Gasteiger partial charge on any atom is -0.203 e. The van der Waals surface area contributed by atoms with Crippen LogP contribution in [0.4, 0.5) is 17.6 Å². The Hall–Kier alpha value is -1.58. The molecule has 18 heavy (non-hydrogen) atoms. The van der Waals surface area contributed by atoms with Gasteiger partial charge in [0.2, 0.25) is 0 Å². The van der Waals surface area contributed by atoms with Crippen LogP contribution >= 0.6 is 0 Å². The summed E-state index contributed by atoms with van der Waals surface area (Å²) in [6.07, 6.45) is 4.50. The molecule has 0 radical (unpaired) electrons. The molecule has 4 heteroatoms. The van der Waals surface area contributed by atoms with Crippen molar-refractivity contribution < 1.29 is 17.6 Å². The van der Waals surface area contributed by atoms with E-state index in [1.54, 1.807) is 6.08 Å². The van der Waals surface area contributed by atoms with Crippen molar-refractivity contribution in [3.8, 4) is 0 Å². The van der Waals surface area contributed by atoms with Gasteiger partial charge in [-0.1, -0.05) is 24.3 Å². The monoisotopic (exact) mass is 254 g/mol. The average molecular weight is 254 g/mol. The van der Waals surface area contributed by atoms with Crippen LogP contribution in [0.15, 0.2) is 24.3 Å². The van der Waals surface area contributed by atoms with Gasteiger partial charge in [-0.25, -0.2) is 17.6 Å². The molecule has 0 aromatic heterocycles. The Kier molecular flexibility index (Phi) is 2.37. The van der Waals surface area contributed by atoms with Crippen molar-refractivity contribution in [2.24, 2.45) is 0 Å². The molecule has 0 amide bonds. The topological polar surface area (TPSA) is 0 Å². The highest BCUT2D eigenvalue weighted by atomic mass is 19.2. The minimum atomic E-state index is -1.71. The standard InChI is InChI=1S/C14H10F4/c1-2-3-6-7-4-5-8(6)10-9(7)11(15)13(17)14(18)12(10)16/h2-3,7-8H,1,4-5H2/t7-,8-/m1/s1. The van der Waals surface area contributed by atoms with E-state index in [1.165, 1.54) is 6.08 Å². The summed E-state index contributed by atoms with van der Waals surface area (Å²) in [6, 6.07) is 0. The molecule has 1 aromatic carbocycles. The van der Waals surface area contributed by atoms with Gasteiger partial charge in [-0.2, -0.15) is 0 Å². The van der Waals surface area contributed by atoms with Crippen LogP contribution in [0.2, 0.25) is 0 Å². The predicted molar refractivity (Wildman–Crippen MR) is 59.3 cm³/mol. The molecule has 0 nitrogen and oxygen atoms in total. The van der Waals surface area contributed by atoms with E-state index < -0.39 is 23.3 Å². The maximum atomic E-state index is 13.8. The van der Waals surface area contributed by atoms with E-state index in [4.69, 9.17) is 0 Å². The molecule has 0 saturated heterocycles.